The maximum Gasteiger partial charge on any atom is 0.233 e. The Morgan fingerprint density at radius 3 is 2.41 bits per heavy atom. The number of nitrogens with zero attached hydrogens (tertiary/aromatic N) is 5. The molecule has 7 nitrogen and oxygen atoms in total. The fourth-order valence-electron chi connectivity index (χ4n) is 4.56. The summed E-state index contributed by atoms with van der Waals surface area (Å²) in [5, 5.41) is 12.5. The molecule has 156 valence electrons. The van der Waals surface area contributed by atoms with Crippen molar-refractivity contribution >= 4 is 5.91 Å². The fourth-order valence-corrected chi connectivity index (χ4v) is 4.56. The molecule has 1 saturated heterocycles. The summed E-state index contributed by atoms with van der Waals surface area (Å²) in [6, 6.07) is 5.52. The number of hydrogen-bond donors (Lipinski definition) is 0. The standard InChI is InChI=1S/C22H31N5O2/c1-16(2)17-4-6-18(7-5-17)22(28)26-14-10-19(11-15-26)29-21-9-8-20(24-25-21)27-13-3-12-23-27/h3,8-9,12-13,16-19H,4-7,10-11,14-15H2,1-2H3. The number of hydrogen-bond acceptors (Lipinski definition) is 5. The zero-order chi connectivity index (χ0) is 20.2. The highest BCUT2D eigenvalue weighted by atomic mass is 16.5. The van der Waals surface area contributed by atoms with Gasteiger partial charge in [0.15, 0.2) is 5.82 Å². The Kier molecular flexibility index (Phi) is 6.11. The second kappa shape index (κ2) is 8.93. The second-order valence-electron chi connectivity index (χ2n) is 8.68. The van der Waals surface area contributed by atoms with Gasteiger partial charge in [-0.2, -0.15) is 5.10 Å². The van der Waals surface area contributed by atoms with Gasteiger partial charge in [-0.15, -0.1) is 10.2 Å². The first kappa shape index (κ1) is 19.9. The lowest BCUT2D eigenvalue weighted by Crippen LogP contribution is -2.45. The summed E-state index contributed by atoms with van der Waals surface area (Å²) in [6.45, 7) is 6.14. The predicted molar refractivity (Wildman–Crippen MR) is 110 cm³/mol. The first-order valence-electron chi connectivity index (χ1n) is 10.9. The van der Waals surface area contributed by atoms with Crippen LogP contribution < -0.4 is 4.74 Å². The number of likely N-dealkylation sites (tertiary alicyclic amines) is 1. The SMILES string of the molecule is CC(C)C1CCC(C(=O)N2CCC(Oc3ccc(-n4cccn4)nn3)CC2)CC1. The van der Waals surface area contributed by atoms with E-state index in [0.29, 0.717) is 17.6 Å². The van der Waals surface area contributed by atoms with E-state index in [9.17, 15) is 4.79 Å². The molecule has 3 heterocycles. The van der Waals surface area contributed by atoms with Crippen molar-refractivity contribution in [3.8, 4) is 11.7 Å². The average Bonchev–Trinajstić information content (AvgIpc) is 3.29. The number of rotatable bonds is 5. The van der Waals surface area contributed by atoms with Crippen molar-refractivity contribution in [3.63, 3.8) is 0 Å². The largest absolute Gasteiger partial charge is 0.473 e. The third-order valence-corrected chi connectivity index (χ3v) is 6.47. The van der Waals surface area contributed by atoms with Crippen molar-refractivity contribution in [2.75, 3.05) is 13.1 Å². The molecule has 0 spiro atoms. The van der Waals surface area contributed by atoms with Crippen LogP contribution in [0.2, 0.25) is 0 Å². The third kappa shape index (κ3) is 4.77. The van der Waals surface area contributed by atoms with Crippen molar-refractivity contribution in [2.45, 2.75) is 58.5 Å². The Hall–Kier alpha value is -2.44. The van der Waals surface area contributed by atoms with Crippen LogP contribution in [0.3, 0.4) is 0 Å². The van der Waals surface area contributed by atoms with Crippen molar-refractivity contribution in [3.05, 3.63) is 30.6 Å². The van der Waals surface area contributed by atoms with Crippen LogP contribution in [0, 0.1) is 17.8 Å². The number of piperidine rings is 1. The normalized spacial score (nSPS) is 23.3. The molecule has 0 radical (unpaired) electrons. The van der Waals surface area contributed by atoms with Gasteiger partial charge in [-0.3, -0.25) is 4.79 Å². The van der Waals surface area contributed by atoms with E-state index in [1.54, 1.807) is 10.9 Å². The Morgan fingerprint density at radius 2 is 1.83 bits per heavy atom. The molecule has 1 aliphatic carbocycles. The summed E-state index contributed by atoms with van der Waals surface area (Å²) in [7, 11) is 0. The summed E-state index contributed by atoms with van der Waals surface area (Å²) in [5.74, 6) is 3.29. The quantitative estimate of drug-likeness (QED) is 0.772. The second-order valence-corrected chi connectivity index (χ2v) is 8.68. The number of aromatic nitrogens is 4. The summed E-state index contributed by atoms with van der Waals surface area (Å²) in [5.41, 5.74) is 0. The Bertz CT molecular complexity index is 774. The minimum atomic E-state index is 0.0839. The van der Waals surface area contributed by atoms with Crippen molar-refractivity contribution in [1.82, 2.24) is 24.9 Å². The maximum absolute atomic E-state index is 12.9. The van der Waals surface area contributed by atoms with Crippen LogP contribution in [0.1, 0.15) is 52.4 Å². The number of ether oxygens (including phenoxy) is 1. The fraction of sp³-hybridized carbons (Fsp3) is 0.636. The zero-order valence-corrected chi connectivity index (χ0v) is 17.4. The molecule has 2 aromatic heterocycles. The average molecular weight is 398 g/mol. The highest BCUT2D eigenvalue weighted by Gasteiger charge is 2.32. The molecule has 0 N–H and O–H groups in total. The van der Waals surface area contributed by atoms with Gasteiger partial charge in [-0.1, -0.05) is 13.8 Å². The highest BCUT2D eigenvalue weighted by Crippen LogP contribution is 2.34. The van der Waals surface area contributed by atoms with Crippen molar-refractivity contribution < 1.29 is 9.53 Å². The Morgan fingerprint density at radius 1 is 1.07 bits per heavy atom. The molecular formula is C22H31N5O2. The molecule has 2 fully saturated rings. The Balaban J connectivity index is 1.24. The molecule has 1 amide bonds. The van der Waals surface area contributed by atoms with Gasteiger partial charge in [-0.25, -0.2) is 4.68 Å². The van der Waals surface area contributed by atoms with Gasteiger partial charge in [0.1, 0.15) is 6.10 Å². The van der Waals surface area contributed by atoms with Crippen LogP contribution in [0.25, 0.3) is 5.82 Å². The lowest BCUT2D eigenvalue weighted by atomic mass is 9.76. The first-order valence-corrected chi connectivity index (χ1v) is 10.9. The van der Waals surface area contributed by atoms with E-state index in [4.69, 9.17) is 4.74 Å². The van der Waals surface area contributed by atoms with Gasteiger partial charge in [0.2, 0.25) is 11.8 Å². The van der Waals surface area contributed by atoms with Gasteiger partial charge in [0.25, 0.3) is 0 Å². The number of carbonyl (C=O) groups is 1. The number of amides is 1. The molecule has 29 heavy (non-hydrogen) atoms. The van der Waals surface area contributed by atoms with Gasteiger partial charge < -0.3 is 9.64 Å². The van der Waals surface area contributed by atoms with Crippen molar-refractivity contribution in [1.29, 1.82) is 0 Å². The first-order chi connectivity index (χ1) is 14.1. The smallest absolute Gasteiger partial charge is 0.233 e. The summed E-state index contributed by atoms with van der Waals surface area (Å²) in [4.78, 5) is 14.9. The van der Waals surface area contributed by atoms with E-state index in [1.165, 1.54) is 12.8 Å². The van der Waals surface area contributed by atoms with Crippen LogP contribution in [-0.2, 0) is 4.79 Å². The van der Waals surface area contributed by atoms with Crippen LogP contribution in [0.5, 0.6) is 5.88 Å². The lowest BCUT2D eigenvalue weighted by Gasteiger charge is -2.36. The van der Waals surface area contributed by atoms with E-state index < -0.39 is 0 Å². The van der Waals surface area contributed by atoms with Gasteiger partial charge in [0.05, 0.1) is 0 Å². The lowest BCUT2D eigenvalue weighted by molar-refractivity contribution is -0.138. The molecular weight excluding hydrogens is 366 g/mol. The maximum atomic E-state index is 12.9. The van der Waals surface area contributed by atoms with Crippen LogP contribution >= 0.6 is 0 Å². The molecule has 7 heteroatoms. The van der Waals surface area contributed by atoms with E-state index in [2.05, 4.69) is 29.1 Å². The van der Waals surface area contributed by atoms with E-state index >= 15 is 0 Å². The van der Waals surface area contributed by atoms with Gasteiger partial charge >= 0.3 is 0 Å². The monoisotopic (exact) mass is 397 g/mol. The molecule has 2 aromatic rings. The topological polar surface area (TPSA) is 73.1 Å². The third-order valence-electron chi connectivity index (χ3n) is 6.47. The van der Waals surface area contributed by atoms with Crippen LogP contribution in [0.4, 0.5) is 0 Å². The predicted octanol–water partition coefficient (Wildman–Crippen LogP) is 3.49. The summed E-state index contributed by atoms with van der Waals surface area (Å²) >= 11 is 0. The van der Waals surface area contributed by atoms with Gasteiger partial charge in [-0.05, 0) is 49.7 Å². The van der Waals surface area contributed by atoms with E-state index in [1.807, 2.05) is 29.3 Å². The van der Waals surface area contributed by atoms with Crippen LogP contribution in [0.15, 0.2) is 30.6 Å². The summed E-state index contributed by atoms with van der Waals surface area (Å²) in [6.07, 6.45) is 9.80. The molecule has 0 unspecified atom stereocenters. The summed E-state index contributed by atoms with van der Waals surface area (Å²) < 4.78 is 7.66. The van der Waals surface area contributed by atoms with E-state index in [0.717, 1.165) is 50.6 Å². The minimum absolute atomic E-state index is 0.0839. The molecule has 0 aromatic carbocycles. The van der Waals surface area contributed by atoms with Crippen LogP contribution in [-0.4, -0.2) is 50.0 Å². The van der Waals surface area contributed by atoms with E-state index in [-0.39, 0.29) is 12.0 Å². The highest BCUT2D eigenvalue weighted by molar-refractivity contribution is 5.79. The molecule has 1 saturated carbocycles. The molecule has 4 rings (SSSR count). The zero-order valence-electron chi connectivity index (χ0n) is 17.4. The molecule has 1 aliphatic heterocycles. The minimum Gasteiger partial charge on any atom is -0.473 e. The van der Waals surface area contributed by atoms with Gasteiger partial charge in [0, 0.05) is 50.3 Å². The molecule has 0 atom stereocenters. The molecule has 2 aliphatic rings. The van der Waals surface area contributed by atoms with Crippen molar-refractivity contribution in [2.24, 2.45) is 17.8 Å². The Labute approximate surface area is 172 Å². The number of carbonyl (C=O) groups excluding carboxylic acids is 1. The molecule has 0 bridgehead atoms.